The number of likely N-dealkylation sites (tertiary alicyclic amines) is 1. The van der Waals surface area contributed by atoms with Crippen LogP contribution >= 0.6 is 0 Å². The Balaban J connectivity index is 2.11. The van der Waals surface area contributed by atoms with E-state index in [1.807, 2.05) is 4.90 Å². The molecular weight excluding hydrogens is 266 g/mol. The number of aliphatic hydroxyl groups excluding tert-OH is 1. The molecule has 1 aliphatic rings. The van der Waals surface area contributed by atoms with Crippen LogP contribution in [0.3, 0.4) is 0 Å². The predicted octanol–water partition coefficient (Wildman–Crippen LogP) is 1.21. The minimum Gasteiger partial charge on any atom is -0.392 e. The van der Waals surface area contributed by atoms with Crippen molar-refractivity contribution < 1.29 is 18.7 Å². The van der Waals surface area contributed by atoms with Crippen LogP contribution in [0.5, 0.6) is 0 Å². The minimum atomic E-state index is -0.893. The summed E-state index contributed by atoms with van der Waals surface area (Å²) in [5, 5.41) is 12.3. The van der Waals surface area contributed by atoms with Gasteiger partial charge in [-0.25, -0.2) is 8.78 Å². The van der Waals surface area contributed by atoms with E-state index in [-0.39, 0.29) is 11.9 Å². The fraction of sp³-hybridized carbons (Fsp3) is 0.500. The molecule has 1 heterocycles. The number of benzene rings is 1. The van der Waals surface area contributed by atoms with Crippen LogP contribution in [0.4, 0.5) is 8.78 Å². The molecule has 1 fully saturated rings. The van der Waals surface area contributed by atoms with Gasteiger partial charge in [0, 0.05) is 32.6 Å². The first-order valence-corrected chi connectivity index (χ1v) is 6.59. The minimum absolute atomic E-state index is 0.0876. The maximum atomic E-state index is 13.3. The predicted molar refractivity (Wildman–Crippen MR) is 70.0 cm³/mol. The summed E-state index contributed by atoms with van der Waals surface area (Å²) >= 11 is 0. The number of halogens is 2. The lowest BCUT2D eigenvalue weighted by Gasteiger charge is -2.24. The Morgan fingerprint density at radius 1 is 1.45 bits per heavy atom. The average molecular weight is 284 g/mol. The molecule has 1 aliphatic heterocycles. The molecule has 0 radical (unpaired) electrons. The van der Waals surface area contributed by atoms with Gasteiger partial charge in [0.05, 0.1) is 6.10 Å². The van der Waals surface area contributed by atoms with Gasteiger partial charge in [0.25, 0.3) is 0 Å². The Morgan fingerprint density at radius 2 is 2.20 bits per heavy atom. The van der Waals surface area contributed by atoms with Crippen LogP contribution in [-0.4, -0.2) is 42.2 Å². The van der Waals surface area contributed by atoms with Crippen LogP contribution in [0, 0.1) is 11.6 Å². The summed E-state index contributed by atoms with van der Waals surface area (Å²) in [6.45, 7) is 0.904. The molecule has 0 aromatic heterocycles. The van der Waals surface area contributed by atoms with Crippen molar-refractivity contribution in [2.24, 2.45) is 0 Å². The van der Waals surface area contributed by atoms with Gasteiger partial charge in [-0.15, -0.1) is 0 Å². The number of aliphatic hydroxyl groups is 1. The van der Waals surface area contributed by atoms with Crippen molar-refractivity contribution in [1.29, 1.82) is 0 Å². The molecule has 0 saturated carbocycles. The Hall–Kier alpha value is -1.53. The van der Waals surface area contributed by atoms with Crippen LogP contribution in [0.15, 0.2) is 18.2 Å². The Morgan fingerprint density at radius 3 is 2.85 bits per heavy atom. The summed E-state index contributed by atoms with van der Waals surface area (Å²) in [4.78, 5) is 13.2. The number of amides is 1. The number of nitrogens with one attached hydrogen (secondary N) is 1. The van der Waals surface area contributed by atoms with Crippen molar-refractivity contribution in [1.82, 2.24) is 10.2 Å². The smallest absolute Gasteiger partial charge is 0.221 e. The van der Waals surface area contributed by atoms with E-state index in [0.29, 0.717) is 31.5 Å². The zero-order valence-corrected chi connectivity index (χ0v) is 11.3. The quantitative estimate of drug-likeness (QED) is 0.874. The number of carbonyl (C=O) groups excluding carboxylic acids is 1. The number of carbonyl (C=O) groups is 1. The monoisotopic (exact) mass is 284 g/mol. The third-order valence-corrected chi connectivity index (χ3v) is 3.61. The van der Waals surface area contributed by atoms with Gasteiger partial charge in [-0.2, -0.15) is 0 Å². The molecule has 4 nitrogen and oxygen atoms in total. The summed E-state index contributed by atoms with van der Waals surface area (Å²) in [5.41, 5.74) is 0.623. The van der Waals surface area contributed by atoms with Gasteiger partial charge in [0.2, 0.25) is 5.91 Å². The SMILES string of the molecule is CNC(=O)CCN1CC(O)CC1c1ccc(F)c(F)c1. The third-order valence-electron chi connectivity index (χ3n) is 3.61. The van der Waals surface area contributed by atoms with Crippen LogP contribution in [0.1, 0.15) is 24.4 Å². The van der Waals surface area contributed by atoms with Crippen molar-refractivity contribution in [2.45, 2.75) is 25.0 Å². The van der Waals surface area contributed by atoms with Crippen LogP contribution in [-0.2, 0) is 4.79 Å². The second-order valence-electron chi connectivity index (χ2n) is 5.00. The second kappa shape index (κ2) is 6.28. The molecule has 0 aliphatic carbocycles. The topological polar surface area (TPSA) is 52.6 Å². The van der Waals surface area contributed by atoms with E-state index in [2.05, 4.69) is 5.32 Å². The van der Waals surface area contributed by atoms with Crippen LogP contribution in [0.2, 0.25) is 0 Å². The molecule has 20 heavy (non-hydrogen) atoms. The van der Waals surface area contributed by atoms with E-state index < -0.39 is 17.7 Å². The van der Waals surface area contributed by atoms with Crippen molar-refractivity contribution in [3.63, 3.8) is 0 Å². The summed E-state index contributed by atoms with van der Waals surface area (Å²) in [6, 6.07) is 3.58. The molecule has 0 spiro atoms. The maximum absolute atomic E-state index is 13.3. The average Bonchev–Trinajstić information content (AvgIpc) is 2.80. The van der Waals surface area contributed by atoms with E-state index in [1.54, 1.807) is 7.05 Å². The van der Waals surface area contributed by atoms with Gasteiger partial charge in [-0.3, -0.25) is 9.69 Å². The first-order valence-electron chi connectivity index (χ1n) is 6.59. The first kappa shape index (κ1) is 14.9. The Bertz CT molecular complexity index is 496. The summed E-state index contributed by atoms with van der Waals surface area (Å²) < 4.78 is 26.3. The van der Waals surface area contributed by atoms with Gasteiger partial charge in [0.1, 0.15) is 0 Å². The Kier molecular flexibility index (Phi) is 4.67. The zero-order valence-electron chi connectivity index (χ0n) is 11.3. The lowest BCUT2D eigenvalue weighted by Crippen LogP contribution is -2.30. The molecule has 2 rings (SSSR count). The van der Waals surface area contributed by atoms with Gasteiger partial charge in [0.15, 0.2) is 11.6 Å². The van der Waals surface area contributed by atoms with Crippen molar-refractivity contribution in [3.05, 3.63) is 35.4 Å². The van der Waals surface area contributed by atoms with Gasteiger partial charge in [-0.1, -0.05) is 6.07 Å². The third kappa shape index (κ3) is 3.32. The molecular formula is C14H18F2N2O2. The molecule has 110 valence electrons. The highest BCUT2D eigenvalue weighted by Gasteiger charge is 2.32. The maximum Gasteiger partial charge on any atom is 0.221 e. The van der Waals surface area contributed by atoms with Gasteiger partial charge >= 0.3 is 0 Å². The molecule has 1 saturated heterocycles. The summed E-state index contributed by atoms with van der Waals surface area (Å²) in [7, 11) is 1.56. The van der Waals surface area contributed by atoms with E-state index in [1.165, 1.54) is 6.07 Å². The largest absolute Gasteiger partial charge is 0.392 e. The molecule has 1 amide bonds. The molecule has 1 aromatic rings. The highest BCUT2D eigenvalue weighted by Crippen LogP contribution is 2.32. The molecule has 2 N–H and O–H groups in total. The number of rotatable bonds is 4. The van der Waals surface area contributed by atoms with Crippen LogP contribution < -0.4 is 5.32 Å². The standard InChI is InChI=1S/C14H18F2N2O2/c1-17-14(20)4-5-18-8-10(19)7-13(18)9-2-3-11(15)12(16)6-9/h2-3,6,10,13,19H,4-5,7-8H2,1H3,(H,17,20). The van der Waals surface area contributed by atoms with E-state index in [0.717, 1.165) is 12.1 Å². The lowest BCUT2D eigenvalue weighted by atomic mass is 10.0. The molecule has 0 bridgehead atoms. The summed E-state index contributed by atoms with van der Waals surface area (Å²) in [5.74, 6) is -1.87. The first-order chi connectivity index (χ1) is 9.51. The van der Waals surface area contributed by atoms with E-state index in [9.17, 15) is 18.7 Å². The number of β-amino-alcohol motifs (C(OH)–C–C–N with tert-alkyl or cyclic N) is 1. The number of hydrogen-bond acceptors (Lipinski definition) is 3. The van der Waals surface area contributed by atoms with Gasteiger partial charge in [-0.05, 0) is 24.1 Å². The fourth-order valence-electron chi connectivity index (χ4n) is 2.56. The van der Waals surface area contributed by atoms with Gasteiger partial charge < -0.3 is 10.4 Å². The van der Waals surface area contributed by atoms with Crippen molar-refractivity contribution >= 4 is 5.91 Å². The zero-order chi connectivity index (χ0) is 14.7. The number of hydrogen-bond donors (Lipinski definition) is 2. The molecule has 6 heteroatoms. The van der Waals surface area contributed by atoms with Crippen LogP contribution in [0.25, 0.3) is 0 Å². The normalized spacial score (nSPS) is 23.0. The fourth-order valence-corrected chi connectivity index (χ4v) is 2.56. The number of nitrogens with zero attached hydrogens (tertiary/aromatic N) is 1. The molecule has 2 atom stereocenters. The highest BCUT2D eigenvalue weighted by molar-refractivity contribution is 5.75. The van der Waals surface area contributed by atoms with E-state index in [4.69, 9.17) is 0 Å². The van der Waals surface area contributed by atoms with Crippen molar-refractivity contribution in [2.75, 3.05) is 20.1 Å². The van der Waals surface area contributed by atoms with Crippen molar-refractivity contribution in [3.8, 4) is 0 Å². The van der Waals surface area contributed by atoms with E-state index >= 15 is 0 Å². The highest BCUT2D eigenvalue weighted by atomic mass is 19.2. The second-order valence-corrected chi connectivity index (χ2v) is 5.00. The molecule has 1 aromatic carbocycles. The molecule has 2 unspecified atom stereocenters. The Labute approximate surface area is 116 Å². The lowest BCUT2D eigenvalue weighted by molar-refractivity contribution is -0.121. The summed E-state index contributed by atoms with van der Waals surface area (Å²) in [6.07, 6.45) is 0.250.